The smallest absolute Gasteiger partial charge is 0.414 e. The molecule has 5 aromatic rings. The standard InChI is InChI=1S/C51H53N5O8S/c1-30(2)54(50(59)64-29-51(3,4)65-7)35-17-31(27-62-46-23-40-38(21-44(46)60-5)48(57)55-36(25-52-40)19-33-12-8-10-14-42(33)55)16-32(18-35)28-63-47-24-41-39(22-45(47)61-6)49(58)56-37(26-53-41)20-34-13-9-11-15-43(34)56/h8-18,21-25,30,36-37,53H,19-20,26-29H2,1-7H3/t36-,37-/m0/s1. The lowest BCUT2D eigenvalue weighted by Crippen LogP contribution is -2.39. The third-order valence-electron chi connectivity index (χ3n) is 12.4. The van der Waals surface area contributed by atoms with Crippen molar-refractivity contribution in [2.45, 2.75) is 76.6 Å². The molecule has 4 aliphatic rings. The highest BCUT2D eigenvalue weighted by Crippen LogP contribution is 2.43. The number of aliphatic imine (C=N–C) groups is 1. The number of anilines is 4. The molecule has 0 unspecified atom stereocenters. The van der Waals surface area contributed by atoms with Crippen molar-refractivity contribution in [2.75, 3.05) is 53.6 Å². The highest BCUT2D eigenvalue weighted by Gasteiger charge is 2.39. The van der Waals surface area contributed by atoms with Crippen LogP contribution < -0.4 is 39.0 Å². The average Bonchev–Trinajstić information content (AvgIpc) is 3.80. The van der Waals surface area contributed by atoms with Gasteiger partial charge in [0.1, 0.15) is 19.8 Å². The first-order valence-corrected chi connectivity index (χ1v) is 23.0. The van der Waals surface area contributed by atoms with E-state index in [-0.39, 0.29) is 54.5 Å². The number of hydrogen-bond donors (Lipinski definition) is 1. The number of thioether (sulfide) groups is 1. The van der Waals surface area contributed by atoms with E-state index in [0.29, 0.717) is 64.2 Å². The summed E-state index contributed by atoms with van der Waals surface area (Å²) < 4.78 is 30.3. The molecule has 0 aromatic heterocycles. The van der Waals surface area contributed by atoms with Gasteiger partial charge in [-0.25, -0.2) is 4.79 Å². The van der Waals surface area contributed by atoms with E-state index < -0.39 is 6.09 Å². The SMILES string of the molecule is COc1cc2c(cc1OCc1cc(COc3cc4c(cc3OC)C(=O)N3c5ccccc5C[C@H]3CN4)cc(N(C(=O)OCC(C)(C)SC)C(C)C)c1)N=C[C@@H]1Cc3ccccc3N1C2=O. The van der Waals surface area contributed by atoms with Crippen molar-refractivity contribution < 1.29 is 38.1 Å². The first-order chi connectivity index (χ1) is 31.4. The molecule has 0 aliphatic carbocycles. The molecule has 5 aromatic carbocycles. The van der Waals surface area contributed by atoms with Crippen LogP contribution in [-0.2, 0) is 30.8 Å². The minimum Gasteiger partial charge on any atom is -0.493 e. The van der Waals surface area contributed by atoms with Crippen LogP contribution in [0.3, 0.4) is 0 Å². The number of nitrogens with zero attached hydrogens (tertiary/aromatic N) is 4. The molecule has 0 radical (unpaired) electrons. The van der Waals surface area contributed by atoms with E-state index in [1.165, 1.54) is 7.11 Å². The maximum Gasteiger partial charge on any atom is 0.414 e. The minimum atomic E-state index is -0.476. The molecule has 336 valence electrons. The molecular formula is C51H53N5O8S. The van der Waals surface area contributed by atoms with Gasteiger partial charge in [-0.05, 0) is 105 Å². The third-order valence-corrected chi connectivity index (χ3v) is 13.6. The van der Waals surface area contributed by atoms with Gasteiger partial charge in [0.2, 0.25) is 0 Å². The van der Waals surface area contributed by atoms with Crippen LogP contribution in [0.15, 0.2) is 96.0 Å². The van der Waals surface area contributed by atoms with Gasteiger partial charge in [-0.1, -0.05) is 36.4 Å². The van der Waals surface area contributed by atoms with Crippen molar-refractivity contribution >= 4 is 64.3 Å². The summed E-state index contributed by atoms with van der Waals surface area (Å²) in [4.78, 5) is 52.1. The van der Waals surface area contributed by atoms with Gasteiger partial charge in [-0.2, -0.15) is 11.8 Å². The highest BCUT2D eigenvalue weighted by atomic mass is 32.2. The molecule has 0 fully saturated rings. The lowest BCUT2D eigenvalue weighted by Gasteiger charge is -2.29. The van der Waals surface area contributed by atoms with Crippen molar-refractivity contribution in [1.82, 2.24) is 0 Å². The van der Waals surface area contributed by atoms with Gasteiger partial charge in [0.15, 0.2) is 23.0 Å². The zero-order valence-electron chi connectivity index (χ0n) is 37.7. The van der Waals surface area contributed by atoms with Crippen LogP contribution in [0.5, 0.6) is 23.0 Å². The summed E-state index contributed by atoms with van der Waals surface area (Å²) in [5.41, 5.74) is 8.20. The average molecular weight is 896 g/mol. The van der Waals surface area contributed by atoms with Gasteiger partial charge in [0, 0.05) is 59.2 Å². The number of carbonyl (C=O) groups is 3. The fourth-order valence-corrected chi connectivity index (χ4v) is 9.13. The molecule has 3 amide bonds. The van der Waals surface area contributed by atoms with Gasteiger partial charge in [0.25, 0.3) is 11.8 Å². The predicted molar refractivity (Wildman–Crippen MR) is 256 cm³/mol. The third kappa shape index (κ3) is 8.43. The van der Waals surface area contributed by atoms with E-state index in [1.807, 2.05) is 112 Å². The molecular weight excluding hydrogens is 843 g/mol. The molecule has 2 atom stereocenters. The van der Waals surface area contributed by atoms with Crippen LogP contribution in [0.2, 0.25) is 0 Å². The fraction of sp³-hybridized carbons (Fsp3) is 0.333. The molecule has 13 nitrogen and oxygen atoms in total. The molecule has 0 spiro atoms. The van der Waals surface area contributed by atoms with Crippen LogP contribution in [0.4, 0.5) is 33.2 Å². The second-order valence-electron chi connectivity index (χ2n) is 17.5. The molecule has 0 saturated carbocycles. The van der Waals surface area contributed by atoms with E-state index in [4.69, 9.17) is 28.7 Å². The van der Waals surface area contributed by atoms with Crippen molar-refractivity contribution in [3.05, 3.63) is 124 Å². The first kappa shape index (κ1) is 43.6. The first-order valence-electron chi connectivity index (χ1n) is 21.8. The molecule has 4 heterocycles. The van der Waals surface area contributed by atoms with Crippen molar-refractivity contribution in [3.63, 3.8) is 0 Å². The van der Waals surface area contributed by atoms with Crippen LogP contribution in [-0.4, -0.2) is 80.6 Å². The molecule has 1 N–H and O–H groups in total. The zero-order chi connectivity index (χ0) is 45.6. The Morgan fingerprint density at radius 3 is 2.05 bits per heavy atom. The molecule has 14 heteroatoms. The number of benzene rings is 5. The van der Waals surface area contributed by atoms with Gasteiger partial charge in [-0.15, -0.1) is 0 Å². The number of amides is 3. The number of nitrogens with one attached hydrogen (secondary N) is 1. The van der Waals surface area contributed by atoms with Crippen LogP contribution >= 0.6 is 11.8 Å². The summed E-state index contributed by atoms with van der Waals surface area (Å²) in [7, 11) is 3.09. The maximum atomic E-state index is 14.1. The Morgan fingerprint density at radius 2 is 1.40 bits per heavy atom. The number of rotatable bonds is 13. The Morgan fingerprint density at radius 1 is 0.800 bits per heavy atom. The molecule has 0 bridgehead atoms. The number of ether oxygens (including phenoxy) is 5. The second kappa shape index (κ2) is 17.7. The lowest BCUT2D eigenvalue weighted by atomic mass is 10.1. The predicted octanol–water partition coefficient (Wildman–Crippen LogP) is 9.64. The highest BCUT2D eigenvalue weighted by molar-refractivity contribution is 7.99. The number of fused-ring (bicyclic) bond motifs is 8. The second-order valence-corrected chi connectivity index (χ2v) is 19.0. The van der Waals surface area contributed by atoms with Crippen LogP contribution in [0.1, 0.15) is 70.7 Å². The number of carbonyl (C=O) groups excluding carboxylic acids is 3. The maximum absolute atomic E-state index is 14.1. The summed E-state index contributed by atoms with van der Waals surface area (Å²) in [6.07, 6.45) is 4.79. The van der Waals surface area contributed by atoms with Crippen molar-refractivity contribution in [2.24, 2.45) is 4.99 Å². The van der Waals surface area contributed by atoms with Gasteiger partial charge in [-0.3, -0.25) is 24.4 Å². The van der Waals surface area contributed by atoms with E-state index in [0.717, 1.165) is 40.0 Å². The number of para-hydroxylation sites is 2. The minimum absolute atomic E-state index is 0.0229. The van der Waals surface area contributed by atoms with Gasteiger partial charge in [0.05, 0.1) is 48.8 Å². The summed E-state index contributed by atoms with van der Waals surface area (Å²) in [6.45, 7) is 8.89. The number of hydrogen-bond acceptors (Lipinski definition) is 11. The van der Waals surface area contributed by atoms with Crippen LogP contribution in [0.25, 0.3) is 0 Å². The number of methoxy groups -OCH3 is 2. The van der Waals surface area contributed by atoms with E-state index in [1.54, 1.807) is 46.9 Å². The Kier molecular flexibility index (Phi) is 11.9. The van der Waals surface area contributed by atoms with Crippen molar-refractivity contribution in [3.8, 4) is 23.0 Å². The Labute approximate surface area is 383 Å². The molecule has 0 saturated heterocycles. The summed E-state index contributed by atoms with van der Waals surface area (Å²) in [5.74, 6) is 1.39. The topological polar surface area (TPSA) is 131 Å². The summed E-state index contributed by atoms with van der Waals surface area (Å²) >= 11 is 1.62. The van der Waals surface area contributed by atoms with Gasteiger partial charge < -0.3 is 33.9 Å². The summed E-state index contributed by atoms with van der Waals surface area (Å²) in [6, 6.07) is 28.2. The normalized spacial score (nSPS) is 16.9. The Balaban J connectivity index is 1.01. The quantitative estimate of drug-likeness (QED) is 0.122. The van der Waals surface area contributed by atoms with E-state index in [9.17, 15) is 14.4 Å². The van der Waals surface area contributed by atoms with Crippen molar-refractivity contribution in [1.29, 1.82) is 0 Å². The molecule has 65 heavy (non-hydrogen) atoms. The molecule has 4 aliphatic heterocycles. The lowest BCUT2D eigenvalue weighted by molar-refractivity contribution is 0.0976. The Bertz CT molecular complexity index is 2720. The fourth-order valence-electron chi connectivity index (χ4n) is 8.95. The zero-order valence-corrected chi connectivity index (χ0v) is 38.5. The monoisotopic (exact) mass is 895 g/mol. The molecule has 9 rings (SSSR count). The Hall–Kier alpha value is -6.67. The van der Waals surface area contributed by atoms with Gasteiger partial charge >= 0.3 is 6.09 Å². The van der Waals surface area contributed by atoms with E-state index >= 15 is 0 Å². The van der Waals surface area contributed by atoms with E-state index in [2.05, 4.69) is 11.4 Å². The van der Waals surface area contributed by atoms with Crippen LogP contribution in [0, 0.1) is 0 Å². The summed E-state index contributed by atoms with van der Waals surface area (Å²) in [5, 5.41) is 3.50. The largest absolute Gasteiger partial charge is 0.493 e.